The van der Waals surface area contributed by atoms with E-state index in [1.807, 2.05) is 30.3 Å². The van der Waals surface area contributed by atoms with Crippen molar-refractivity contribution in [3.63, 3.8) is 0 Å². The molecule has 0 saturated heterocycles. The Balaban J connectivity index is 1.73. The van der Waals surface area contributed by atoms with E-state index in [-0.39, 0.29) is 6.61 Å². The summed E-state index contributed by atoms with van der Waals surface area (Å²) in [5, 5.41) is 13.5. The molecule has 28 heavy (non-hydrogen) atoms. The number of methoxy groups -OCH3 is 1. The Labute approximate surface area is 164 Å². The molecule has 7 heteroatoms. The summed E-state index contributed by atoms with van der Waals surface area (Å²) in [7, 11) is 1.50. The van der Waals surface area contributed by atoms with Crippen LogP contribution in [0.25, 0.3) is 0 Å². The molecule has 0 radical (unpaired) electrons. The van der Waals surface area contributed by atoms with Gasteiger partial charge in [-0.25, -0.2) is 4.79 Å². The standard InChI is InChI=1S/C21H26N2O5/c1-21(2)19(24)18(14-11-17(26-3)15(22)12-16(14)28-21)23-20(25)27-10-9-13-7-5-4-6-8-13/h4-8,11-12,18-19,24H,9-10,22H2,1-3H3,(H,23,25)/t18-,19+/m0/s1. The highest BCUT2D eigenvalue weighted by Gasteiger charge is 2.44. The van der Waals surface area contributed by atoms with Crippen molar-refractivity contribution < 1.29 is 24.1 Å². The van der Waals surface area contributed by atoms with Crippen LogP contribution < -0.4 is 20.5 Å². The van der Waals surface area contributed by atoms with Gasteiger partial charge in [-0.2, -0.15) is 0 Å². The summed E-state index contributed by atoms with van der Waals surface area (Å²) in [5.74, 6) is 0.932. The number of carbonyl (C=O) groups excluding carboxylic acids is 1. The zero-order valence-electron chi connectivity index (χ0n) is 16.3. The maximum Gasteiger partial charge on any atom is 0.407 e. The zero-order valence-corrected chi connectivity index (χ0v) is 16.3. The molecule has 1 aliphatic rings. The van der Waals surface area contributed by atoms with Gasteiger partial charge in [0.15, 0.2) is 0 Å². The Morgan fingerprint density at radius 1 is 1.29 bits per heavy atom. The largest absolute Gasteiger partial charge is 0.495 e. The molecule has 2 aromatic rings. The highest BCUT2D eigenvalue weighted by molar-refractivity contribution is 5.69. The summed E-state index contributed by atoms with van der Waals surface area (Å²) >= 11 is 0. The van der Waals surface area contributed by atoms with Crippen LogP contribution in [0.15, 0.2) is 42.5 Å². The number of anilines is 1. The van der Waals surface area contributed by atoms with Crippen LogP contribution in [0, 0.1) is 0 Å². The van der Waals surface area contributed by atoms with Crippen molar-refractivity contribution >= 4 is 11.8 Å². The second-order valence-electron chi connectivity index (χ2n) is 7.28. The third-order valence-electron chi connectivity index (χ3n) is 4.84. The van der Waals surface area contributed by atoms with Crippen molar-refractivity contribution in [3.8, 4) is 11.5 Å². The molecule has 0 unspecified atom stereocenters. The minimum atomic E-state index is -0.991. The number of aliphatic hydroxyl groups is 1. The molecule has 0 bridgehead atoms. The van der Waals surface area contributed by atoms with E-state index < -0.39 is 23.8 Å². The number of rotatable bonds is 5. The predicted octanol–water partition coefficient (Wildman–Crippen LogP) is 2.82. The highest BCUT2D eigenvalue weighted by atomic mass is 16.5. The molecule has 0 aliphatic carbocycles. The normalized spacial score (nSPS) is 19.9. The lowest BCUT2D eigenvalue weighted by Gasteiger charge is -2.42. The average molecular weight is 386 g/mol. The summed E-state index contributed by atoms with van der Waals surface area (Å²) in [6.07, 6.45) is -0.994. The zero-order chi connectivity index (χ0) is 20.3. The van der Waals surface area contributed by atoms with Crippen molar-refractivity contribution in [1.82, 2.24) is 5.32 Å². The number of aliphatic hydroxyl groups excluding tert-OH is 1. The van der Waals surface area contributed by atoms with Crippen LogP contribution >= 0.6 is 0 Å². The molecule has 0 fully saturated rings. The van der Waals surface area contributed by atoms with E-state index in [0.29, 0.717) is 29.2 Å². The topological polar surface area (TPSA) is 103 Å². The van der Waals surface area contributed by atoms with Crippen LogP contribution in [-0.4, -0.2) is 36.6 Å². The van der Waals surface area contributed by atoms with Crippen molar-refractivity contribution in [1.29, 1.82) is 0 Å². The fourth-order valence-corrected chi connectivity index (χ4v) is 3.25. The molecule has 0 aromatic heterocycles. The minimum Gasteiger partial charge on any atom is -0.495 e. The highest BCUT2D eigenvalue weighted by Crippen LogP contribution is 2.43. The number of benzene rings is 2. The molecular formula is C21H26N2O5. The molecule has 1 aliphatic heterocycles. The summed E-state index contributed by atoms with van der Waals surface area (Å²) in [6.45, 7) is 3.73. The van der Waals surface area contributed by atoms with E-state index in [1.54, 1.807) is 26.0 Å². The number of ether oxygens (including phenoxy) is 3. The van der Waals surface area contributed by atoms with E-state index in [9.17, 15) is 9.90 Å². The first-order chi connectivity index (χ1) is 13.3. The van der Waals surface area contributed by atoms with E-state index in [2.05, 4.69) is 5.32 Å². The summed E-state index contributed by atoms with van der Waals surface area (Å²) in [5.41, 5.74) is 7.12. The van der Waals surface area contributed by atoms with Crippen LogP contribution in [0.1, 0.15) is 31.0 Å². The summed E-state index contributed by atoms with van der Waals surface area (Å²) in [4.78, 5) is 12.3. The number of hydrogen-bond donors (Lipinski definition) is 3. The van der Waals surface area contributed by atoms with Crippen LogP contribution in [0.5, 0.6) is 11.5 Å². The molecule has 3 rings (SSSR count). The molecular weight excluding hydrogens is 360 g/mol. The molecule has 2 aromatic carbocycles. The Kier molecular flexibility index (Phi) is 5.65. The first-order valence-corrected chi connectivity index (χ1v) is 9.13. The third kappa shape index (κ3) is 4.14. The fourth-order valence-electron chi connectivity index (χ4n) is 3.25. The molecule has 7 nitrogen and oxygen atoms in total. The van der Waals surface area contributed by atoms with Gasteiger partial charge in [-0.1, -0.05) is 30.3 Å². The maximum absolute atomic E-state index is 12.3. The Morgan fingerprint density at radius 3 is 2.68 bits per heavy atom. The molecule has 150 valence electrons. The monoisotopic (exact) mass is 386 g/mol. The van der Waals surface area contributed by atoms with Gasteiger partial charge in [-0.05, 0) is 25.5 Å². The summed E-state index contributed by atoms with van der Waals surface area (Å²) < 4.78 is 16.4. The Bertz CT molecular complexity index is 838. The number of nitrogens with one attached hydrogen (secondary N) is 1. The third-order valence-corrected chi connectivity index (χ3v) is 4.84. The molecule has 1 heterocycles. The van der Waals surface area contributed by atoms with Gasteiger partial charge in [-0.3, -0.25) is 0 Å². The lowest BCUT2D eigenvalue weighted by atomic mass is 9.86. The Morgan fingerprint density at radius 2 is 2.00 bits per heavy atom. The van der Waals surface area contributed by atoms with Gasteiger partial charge >= 0.3 is 6.09 Å². The number of carbonyl (C=O) groups is 1. The van der Waals surface area contributed by atoms with Crippen LogP contribution in [0.4, 0.5) is 10.5 Å². The molecule has 1 amide bonds. The number of nitrogen functional groups attached to an aromatic ring is 1. The predicted molar refractivity (Wildman–Crippen MR) is 105 cm³/mol. The number of amides is 1. The lowest BCUT2D eigenvalue weighted by Crippen LogP contribution is -2.53. The first-order valence-electron chi connectivity index (χ1n) is 9.13. The van der Waals surface area contributed by atoms with Crippen molar-refractivity contribution in [2.45, 2.75) is 38.0 Å². The van der Waals surface area contributed by atoms with Gasteiger partial charge in [-0.15, -0.1) is 0 Å². The number of fused-ring (bicyclic) bond motifs is 1. The maximum atomic E-state index is 12.3. The first kappa shape index (κ1) is 19.8. The smallest absolute Gasteiger partial charge is 0.407 e. The second-order valence-corrected chi connectivity index (χ2v) is 7.28. The molecule has 2 atom stereocenters. The quantitative estimate of drug-likeness (QED) is 0.683. The fraction of sp³-hybridized carbons (Fsp3) is 0.381. The van der Waals surface area contributed by atoms with Crippen molar-refractivity contribution in [3.05, 3.63) is 53.6 Å². The van der Waals surface area contributed by atoms with E-state index in [4.69, 9.17) is 19.9 Å². The second kappa shape index (κ2) is 7.98. The van der Waals surface area contributed by atoms with Crippen LogP contribution in [0.2, 0.25) is 0 Å². The Hall–Kier alpha value is -2.93. The number of nitrogens with two attached hydrogens (primary N) is 1. The molecule has 4 N–H and O–H groups in total. The van der Waals surface area contributed by atoms with Crippen molar-refractivity contribution in [2.24, 2.45) is 0 Å². The van der Waals surface area contributed by atoms with Crippen LogP contribution in [0.3, 0.4) is 0 Å². The van der Waals surface area contributed by atoms with Gasteiger partial charge in [0, 0.05) is 18.1 Å². The molecule has 0 spiro atoms. The van der Waals surface area contributed by atoms with Gasteiger partial charge in [0.25, 0.3) is 0 Å². The molecule has 0 saturated carbocycles. The summed E-state index contributed by atoms with van der Waals surface area (Å²) in [6, 6.07) is 12.3. The van der Waals surface area contributed by atoms with Crippen LogP contribution in [-0.2, 0) is 11.2 Å². The van der Waals surface area contributed by atoms with E-state index >= 15 is 0 Å². The number of hydrogen-bond acceptors (Lipinski definition) is 6. The van der Waals surface area contributed by atoms with Crippen molar-refractivity contribution in [2.75, 3.05) is 19.5 Å². The van der Waals surface area contributed by atoms with Gasteiger partial charge in [0.2, 0.25) is 0 Å². The van der Waals surface area contributed by atoms with E-state index in [1.165, 1.54) is 7.11 Å². The van der Waals surface area contributed by atoms with E-state index in [0.717, 1.165) is 5.56 Å². The van der Waals surface area contributed by atoms with Gasteiger partial charge in [0.1, 0.15) is 23.2 Å². The van der Waals surface area contributed by atoms with Gasteiger partial charge < -0.3 is 30.4 Å². The minimum absolute atomic E-state index is 0.233. The SMILES string of the molecule is COc1cc2c(cc1N)OC(C)(C)[C@H](O)[C@H]2NC(=O)OCCc1ccccc1. The number of alkyl carbamates (subject to hydrolysis) is 1. The lowest BCUT2D eigenvalue weighted by molar-refractivity contribution is -0.0636. The average Bonchev–Trinajstić information content (AvgIpc) is 2.66. The van der Waals surface area contributed by atoms with Gasteiger partial charge in [0.05, 0.1) is 25.4 Å².